The van der Waals surface area contributed by atoms with Crippen LogP contribution in [0.15, 0.2) is 0 Å². The van der Waals surface area contributed by atoms with Crippen molar-refractivity contribution in [2.45, 2.75) is 33.3 Å². The van der Waals surface area contributed by atoms with Crippen LogP contribution in [0.3, 0.4) is 0 Å². The zero-order valence-corrected chi connectivity index (χ0v) is 7.18. The van der Waals surface area contributed by atoms with E-state index in [1.165, 1.54) is 0 Å². The van der Waals surface area contributed by atoms with E-state index < -0.39 is 0 Å². The molecule has 0 aromatic carbocycles. The molecule has 0 aliphatic heterocycles. The van der Waals surface area contributed by atoms with E-state index in [0.717, 1.165) is 6.42 Å². The van der Waals surface area contributed by atoms with Gasteiger partial charge in [0.05, 0.1) is 6.10 Å². The molecule has 0 amide bonds. The molecule has 2 heteroatoms. The van der Waals surface area contributed by atoms with Gasteiger partial charge in [-0.3, -0.25) is 4.79 Å². The number of methoxy groups -OCH3 is 1. The first-order valence-electron chi connectivity index (χ1n) is 3.66. The van der Waals surface area contributed by atoms with Crippen molar-refractivity contribution in [3.63, 3.8) is 0 Å². The Morgan fingerprint density at radius 3 is 2.20 bits per heavy atom. The number of ketones is 1. The van der Waals surface area contributed by atoms with Gasteiger partial charge in [0, 0.05) is 13.0 Å². The van der Waals surface area contributed by atoms with Crippen LogP contribution >= 0.6 is 0 Å². The SMILES string of the molecule is CC[C@H](OC)[C@@H](C)C(C)=O. The summed E-state index contributed by atoms with van der Waals surface area (Å²) in [5.74, 6) is 0.240. The summed E-state index contributed by atoms with van der Waals surface area (Å²) < 4.78 is 5.10. The Kier molecular flexibility index (Phi) is 4.28. The standard InChI is InChI=1S/C8H16O2/c1-5-8(10-4)6(2)7(3)9/h6,8H,5H2,1-4H3/t6-,8-/m0/s1. The first-order valence-corrected chi connectivity index (χ1v) is 3.66. The molecule has 0 aromatic rings. The summed E-state index contributed by atoms with van der Waals surface area (Å²) in [5.41, 5.74) is 0. The summed E-state index contributed by atoms with van der Waals surface area (Å²) >= 11 is 0. The van der Waals surface area contributed by atoms with E-state index in [-0.39, 0.29) is 17.8 Å². The lowest BCUT2D eigenvalue weighted by molar-refractivity contribution is -0.124. The van der Waals surface area contributed by atoms with Crippen molar-refractivity contribution in [3.05, 3.63) is 0 Å². The van der Waals surface area contributed by atoms with Crippen LogP contribution in [0.1, 0.15) is 27.2 Å². The molecule has 0 aromatic heterocycles. The molecule has 0 saturated carbocycles. The van der Waals surface area contributed by atoms with Crippen molar-refractivity contribution >= 4 is 5.78 Å². The van der Waals surface area contributed by atoms with Crippen LogP contribution in [0, 0.1) is 5.92 Å². The first kappa shape index (κ1) is 9.63. The number of hydrogen-bond donors (Lipinski definition) is 0. The molecule has 10 heavy (non-hydrogen) atoms. The molecule has 0 radical (unpaired) electrons. The summed E-state index contributed by atoms with van der Waals surface area (Å²) in [6.45, 7) is 5.53. The monoisotopic (exact) mass is 144 g/mol. The zero-order valence-electron chi connectivity index (χ0n) is 7.18. The highest BCUT2D eigenvalue weighted by Crippen LogP contribution is 2.10. The number of rotatable bonds is 4. The van der Waals surface area contributed by atoms with Gasteiger partial charge in [-0.15, -0.1) is 0 Å². The zero-order chi connectivity index (χ0) is 8.15. The summed E-state index contributed by atoms with van der Waals surface area (Å²) in [6, 6.07) is 0. The quantitative estimate of drug-likeness (QED) is 0.599. The molecule has 0 aliphatic rings. The van der Waals surface area contributed by atoms with Crippen LogP contribution in [0.4, 0.5) is 0 Å². The summed E-state index contributed by atoms with van der Waals surface area (Å²) in [7, 11) is 1.65. The third-order valence-corrected chi connectivity index (χ3v) is 1.90. The highest BCUT2D eigenvalue weighted by molar-refractivity contribution is 5.78. The second-order valence-corrected chi connectivity index (χ2v) is 2.58. The number of carbonyl (C=O) groups is 1. The topological polar surface area (TPSA) is 26.3 Å². The van der Waals surface area contributed by atoms with E-state index in [9.17, 15) is 4.79 Å². The average molecular weight is 144 g/mol. The second kappa shape index (κ2) is 4.45. The Balaban J connectivity index is 3.88. The van der Waals surface area contributed by atoms with Crippen molar-refractivity contribution in [1.82, 2.24) is 0 Å². The number of hydrogen-bond acceptors (Lipinski definition) is 2. The molecule has 0 rings (SSSR count). The Hall–Kier alpha value is -0.370. The van der Waals surface area contributed by atoms with Gasteiger partial charge < -0.3 is 4.74 Å². The maximum atomic E-state index is 10.8. The highest BCUT2D eigenvalue weighted by Gasteiger charge is 2.17. The maximum absolute atomic E-state index is 10.8. The van der Waals surface area contributed by atoms with Crippen LogP contribution in [0.25, 0.3) is 0 Å². The van der Waals surface area contributed by atoms with Crippen molar-refractivity contribution in [2.75, 3.05) is 7.11 Å². The number of carbonyl (C=O) groups excluding carboxylic acids is 1. The van der Waals surface area contributed by atoms with Crippen LogP contribution in [0.5, 0.6) is 0 Å². The molecule has 0 aliphatic carbocycles. The van der Waals surface area contributed by atoms with Gasteiger partial charge in [0.1, 0.15) is 5.78 Å². The van der Waals surface area contributed by atoms with E-state index in [1.807, 2.05) is 13.8 Å². The van der Waals surface area contributed by atoms with Gasteiger partial charge >= 0.3 is 0 Å². The molecule has 60 valence electrons. The Morgan fingerprint density at radius 1 is 1.60 bits per heavy atom. The molecule has 0 fully saturated rings. The predicted molar refractivity (Wildman–Crippen MR) is 40.9 cm³/mol. The molecule has 0 bridgehead atoms. The minimum atomic E-state index is 0.0370. The second-order valence-electron chi connectivity index (χ2n) is 2.58. The van der Waals surface area contributed by atoms with Crippen LogP contribution in [0.2, 0.25) is 0 Å². The van der Waals surface area contributed by atoms with Gasteiger partial charge in [-0.05, 0) is 13.3 Å². The molecule has 2 atom stereocenters. The molecule has 0 unspecified atom stereocenters. The van der Waals surface area contributed by atoms with Crippen molar-refractivity contribution < 1.29 is 9.53 Å². The van der Waals surface area contributed by atoms with Crippen LogP contribution in [-0.4, -0.2) is 19.0 Å². The largest absolute Gasteiger partial charge is 0.381 e. The van der Waals surface area contributed by atoms with Crippen molar-refractivity contribution in [3.8, 4) is 0 Å². The molecule has 0 N–H and O–H groups in total. The molecular weight excluding hydrogens is 128 g/mol. The Labute approximate surface area is 62.6 Å². The van der Waals surface area contributed by atoms with Crippen LogP contribution in [-0.2, 0) is 9.53 Å². The molecule has 0 spiro atoms. The highest BCUT2D eigenvalue weighted by atomic mass is 16.5. The van der Waals surface area contributed by atoms with E-state index in [2.05, 4.69) is 0 Å². The van der Waals surface area contributed by atoms with Gasteiger partial charge in [0.15, 0.2) is 0 Å². The third kappa shape index (κ3) is 2.48. The van der Waals surface area contributed by atoms with E-state index in [1.54, 1.807) is 14.0 Å². The lowest BCUT2D eigenvalue weighted by atomic mass is 9.99. The average Bonchev–Trinajstić information content (AvgIpc) is 1.90. The fourth-order valence-corrected chi connectivity index (χ4v) is 0.986. The molecule has 0 heterocycles. The molecule has 2 nitrogen and oxygen atoms in total. The normalized spacial score (nSPS) is 16.4. The van der Waals surface area contributed by atoms with Crippen molar-refractivity contribution in [2.24, 2.45) is 5.92 Å². The summed E-state index contributed by atoms with van der Waals surface area (Å²) in [4.78, 5) is 10.8. The Morgan fingerprint density at radius 2 is 2.10 bits per heavy atom. The van der Waals surface area contributed by atoms with E-state index >= 15 is 0 Å². The lowest BCUT2D eigenvalue weighted by Crippen LogP contribution is -2.24. The molecular formula is C8H16O2. The van der Waals surface area contributed by atoms with E-state index in [0.29, 0.717) is 0 Å². The molecule has 0 saturated heterocycles. The predicted octanol–water partition coefficient (Wildman–Crippen LogP) is 1.64. The van der Waals surface area contributed by atoms with Gasteiger partial charge in [-0.2, -0.15) is 0 Å². The maximum Gasteiger partial charge on any atom is 0.135 e. The smallest absolute Gasteiger partial charge is 0.135 e. The van der Waals surface area contributed by atoms with Gasteiger partial charge in [-0.1, -0.05) is 13.8 Å². The van der Waals surface area contributed by atoms with Gasteiger partial charge in [0.2, 0.25) is 0 Å². The minimum absolute atomic E-state index is 0.0370. The summed E-state index contributed by atoms with van der Waals surface area (Å²) in [5, 5.41) is 0. The Bertz CT molecular complexity index is 106. The fraction of sp³-hybridized carbons (Fsp3) is 0.875. The first-order chi connectivity index (χ1) is 4.63. The third-order valence-electron chi connectivity index (χ3n) is 1.90. The van der Waals surface area contributed by atoms with Gasteiger partial charge in [-0.25, -0.2) is 0 Å². The summed E-state index contributed by atoms with van der Waals surface area (Å²) in [6.07, 6.45) is 0.995. The number of ether oxygens (including phenoxy) is 1. The van der Waals surface area contributed by atoms with Crippen LogP contribution < -0.4 is 0 Å². The number of Topliss-reactive ketones (excluding diaryl/α,β-unsaturated/α-hetero) is 1. The van der Waals surface area contributed by atoms with E-state index in [4.69, 9.17) is 4.74 Å². The van der Waals surface area contributed by atoms with Gasteiger partial charge in [0.25, 0.3) is 0 Å². The lowest BCUT2D eigenvalue weighted by Gasteiger charge is -2.17. The minimum Gasteiger partial charge on any atom is -0.381 e. The van der Waals surface area contributed by atoms with Crippen molar-refractivity contribution in [1.29, 1.82) is 0 Å². The fourth-order valence-electron chi connectivity index (χ4n) is 0.986.